The van der Waals surface area contributed by atoms with Gasteiger partial charge >= 0.3 is 0 Å². The minimum Gasteiger partial charge on any atom is -0.349 e. The van der Waals surface area contributed by atoms with Crippen molar-refractivity contribution in [1.29, 1.82) is 0 Å². The number of amides is 1. The summed E-state index contributed by atoms with van der Waals surface area (Å²) in [5.74, 6) is -0.0637. The summed E-state index contributed by atoms with van der Waals surface area (Å²) in [7, 11) is -3.46. The predicted octanol–water partition coefficient (Wildman–Crippen LogP) is 3.45. The maximum atomic E-state index is 12.5. The van der Waals surface area contributed by atoms with Crippen molar-refractivity contribution < 1.29 is 13.2 Å². The molecule has 0 aromatic heterocycles. The van der Waals surface area contributed by atoms with E-state index in [1.165, 1.54) is 4.31 Å². The number of nitrogens with one attached hydrogen (secondary N) is 1. The maximum Gasteiger partial charge on any atom is 0.243 e. The number of hydrogen-bond acceptors (Lipinski definition) is 3. The second-order valence-corrected chi connectivity index (χ2v) is 8.55. The van der Waals surface area contributed by atoms with Crippen LogP contribution in [-0.4, -0.2) is 31.7 Å². The summed E-state index contributed by atoms with van der Waals surface area (Å²) in [6.07, 6.45) is 0.318. The van der Waals surface area contributed by atoms with E-state index in [9.17, 15) is 13.2 Å². The number of aryl methyl sites for hydroxylation is 1. The van der Waals surface area contributed by atoms with Gasteiger partial charge in [-0.2, -0.15) is 4.31 Å². The first-order valence-electron chi connectivity index (χ1n) is 9.23. The second kappa shape index (κ2) is 9.15. The van der Waals surface area contributed by atoms with Crippen LogP contribution in [0.15, 0.2) is 53.4 Å². The predicted molar refractivity (Wildman–Crippen MR) is 108 cm³/mol. The molecule has 0 unspecified atom stereocenters. The topological polar surface area (TPSA) is 66.5 Å². The SMILES string of the molecule is CCN(CC)S(=O)(=O)c1ccc([C@@H](C)NC(=O)Cc2ccc(C)cc2)cc1. The maximum absolute atomic E-state index is 12.5. The quantitative estimate of drug-likeness (QED) is 0.753. The fourth-order valence-electron chi connectivity index (χ4n) is 2.91. The van der Waals surface area contributed by atoms with Crippen molar-refractivity contribution in [1.82, 2.24) is 9.62 Å². The molecule has 0 aliphatic heterocycles. The number of sulfonamides is 1. The molecule has 27 heavy (non-hydrogen) atoms. The Bertz CT molecular complexity index is 855. The van der Waals surface area contributed by atoms with Crippen LogP contribution in [0.1, 0.15) is 43.5 Å². The molecular formula is C21H28N2O3S. The van der Waals surface area contributed by atoms with Crippen molar-refractivity contribution in [2.45, 2.75) is 45.1 Å². The van der Waals surface area contributed by atoms with Crippen LogP contribution in [0.4, 0.5) is 0 Å². The first kappa shape index (κ1) is 21.1. The first-order chi connectivity index (χ1) is 12.8. The van der Waals surface area contributed by atoms with Crippen molar-refractivity contribution in [2.75, 3.05) is 13.1 Å². The molecule has 0 bridgehead atoms. The largest absolute Gasteiger partial charge is 0.349 e. The van der Waals surface area contributed by atoms with Gasteiger partial charge < -0.3 is 5.32 Å². The number of benzene rings is 2. The Labute approximate surface area is 162 Å². The highest BCUT2D eigenvalue weighted by Crippen LogP contribution is 2.19. The zero-order valence-electron chi connectivity index (χ0n) is 16.4. The van der Waals surface area contributed by atoms with Crippen LogP contribution >= 0.6 is 0 Å². The van der Waals surface area contributed by atoms with Gasteiger partial charge in [-0.25, -0.2) is 8.42 Å². The van der Waals surface area contributed by atoms with Gasteiger partial charge in [0.2, 0.25) is 15.9 Å². The molecule has 0 fully saturated rings. The molecule has 2 aromatic carbocycles. The average molecular weight is 389 g/mol. The van der Waals surface area contributed by atoms with E-state index in [-0.39, 0.29) is 16.8 Å². The molecule has 0 heterocycles. The third-order valence-electron chi connectivity index (χ3n) is 4.59. The number of carbonyl (C=O) groups excluding carboxylic acids is 1. The van der Waals surface area contributed by atoms with E-state index >= 15 is 0 Å². The summed E-state index contributed by atoms with van der Waals surface area (Å²) < 4.78 is 26.5. The minimum atomic E-state index is -3.46. The van der Waals surface area contributed by atoms with Gasteiger partial charge in [-0.05, 0) is 37.1 Å². The monoisotopic (exact) mass is 388 g/mol. The number of rotatable bonds is 8. The van der Waals surface area contributed by atoms with Gasteiger partial charge in [0.15, 0.2) is 0 Å². The molecule has 0 aliphatic rings. The number of nitrogens with zero attached hydrogens (tertiary/aromatic N) is 1. The van der Waals surface area contributed by atoms with E-state index in [1.54, 1.807) is 24.3 Å². The molecule has 1 atom stereocenters. The van der Waals surface area contributed by atoms with Gasteiger partial charge in [0.1, 0.15) is 0 Å². The normalized spacial score (nSPS) is 12.8. The molecule has 0 saturated heterocycles. The van der Waals surface area contributed by atoms with Crippen LogP contribution in [0.25, 0.3) is 0 Å². The summed E-state index contributed by atoms with van der Waals surface area (Å²) in [5.41, 5.74) is 2.99. The minimum absolute atomic E-state index is 0.0637. The summed E-state index contributed by atoms with van der Waals surface area (Å²) in [4.78, 5) is 12.5. The Morgan fingerprint density at radius 1 is 1.00 bits per heavy atom. The third kappa shape index (κ3) is 5.40. The lowest BCUT2D eigenvalue weighted by molar-refractivity contribution is -0.121. The van der Waals surface area contributed by atoms with Crippen LogP contribution in [0, 0.1) is 6.92 Å². The molecule has 1 amide bonds. The molecule has 0 spiro atoms. The zero-order chi connectivity index (χ0) is 20.0. The molecular weight excluding hydrogens is 360 g/mol. The van der Waals surface area contributed by atoms with E-state index in [2.05, 4.69) is 5.32 Å². The second-order valence-electron chi connectivity index (χ2n) is 6.61. The highest BCUT2D eigenvalue weighted by atomic mass is 32.2. The highest BCUT2D eigenvalue weighted by molar-refractivity contribution is 7.89. The van der Waals surface area contributed by atoms with E-state index in [1.807, 2.05) is 52.0 Å². The molecule has 5 nitrogen and oxygen atoms in total. The summed E-state index contributed by atoms with van der Waals surface area (Å²) in [6.45, 7) is 8.41. The van der Waals surface area contributed by atoms with Crippen LogP contribution < -0.4 is 5.32 Å². The lowest BCUT2D eigenvalue weighted by Gasteiger charge is -2.19. The Hall–Kier alpha value is -2.18. The van der Waals surface area contributed by atoms with Gasteiger partial charge in [0.25, 0.3) is 0 Å². The highest BCUT2D eigenvalue weighted by Gasteiger charge is 2.21. The average Bonchev–Trinajstić information content (AvgIpc) is 2.64. The number of carbonyl (C=O) groups is 1. The number of hydrogen-bond donors (Lipinski definition) is 1. The van der Waals surface area contributed by atoms with Crippen LogP contribution in [-0.2, 0) is 21.2 Å². The van der Waals surface area contributed by atoms with Crippen molar-refractivity contribution in [3.8, 4) is 0 Å². The van der Waals surface area contributed by atoms with E-state index in [4.69, 9.17) is 0 Å². The van der Waals surface area contributed by atoms with E-state index in [0.29, 0.717) is 19.5 Å². The standard InChI is InChI=1S/C21H28N2O3S/c1-5-23(6-2)27(25,26)20-13-11-19(12-14-20)17(4)22-21(24)15-18-9-7-16(3)8-10-18/h7-14,17H,5-6,15H2,1-4H3,(H,22,24)/t17-/m1/s1. The van der Waals surface area contributed by atoms with Gasteiger partial charge in [-0.15, -0.1) is 0 Å². The summed E-state index contributed by atoms with van der Waals surface area (Å²) >= 11 is 0. The Morgan fingerprint density at radius 2 is 1.56 bits per heavy atom. The van der Waals surface area contributed by atoms with Gasteiger partial charge in [0, 0.05) is 13.1 Å². The third-order valence-corrected chi connectivity index (χ3v) is 6.65. The smallest absolute Gasteiger partial charge is 0.243 e. The first-order valence-corrected chi connectivity index (χ1v) is 10.7. The Kier molecular flexibility index (Phi) is 7.16. The molecule has 0 aliphatic carbocycles. The molecule has 6 heteroatoms. The van der Waals surface area contributed by atoms with Crippen molar-refractivity contribution in [3.05, 3.63) is 65.2 Å². The van der Waals surface area contributed by atoms with Crippen LogP contribution in [0.2, 0.25) is 0 Å². The van der Waals surface area contributed by atoms with Crippen molar-refractivity contribution >= 4 is 15.9 Å². The van der Waals surface area contributed by atoms with Crippen molar-refractivity contribution in [2.24, 2.45) is 0 Å². The van der Waals surface area contributed by atoms with Crippen LogP contribution in [0.5, 0.6) is 0 Å². The van der Waals surface area contributed by atoms with Gasteiger partial charge in [-0.3, -0.25) is 4.79 Å². The fraction of sp³-hybridized carbons (Fsp3) is 0.381. The molecule has 1 N–H and O–H groups in total. The molecule has 2 rings (SSSR count). The lowest BCUT2D eigenvalue weighted by Crippen LogP contribution is -2.30. The van der Waals surface area contributed by atoms with Crippen molar-refractivity contribution in [3.63, 3.8) is 0 Å². The summed E-state index contributed by atoms with van der Waals surface area (Å²) in [5, 5.41) is 2.96. The molecule has 0 saturated carbocycles. The molecule has 146 valence electrons. The molecule has 2 aromatic rings. The molecule has 0 radical (unpaired) electrons. The fourth-order valence-corrected chi connectivity index (χ4v) is 4.37. The van der Waals surface area contributed by atoms with Gasteiger partial charge in [-0.1, -0.05) is 55.8 Å². The zero-order valence-corrected chi connectivity index (χ0v) is 17.2. The van der Waals surface area contributed by atoms with E-state index in [0.717, 1.165) is 16.7 Å². The Balaban J connectivity index is 2.03. The van der Waals surface area contributed by atoms with E-state index < -0.39 is 10.0 Å². The van der Waals surface area contributed by atoms with Crippen LogP contribution in [0.3, 0.4) is 0 Å². The van der Waals surface area contributed by atoms with Gasteiger partial charge in [0.05, 0.1) is 17.4 Å². The summed E-state index contributed by atoms with van der Waals surface area (Å²) in [6, 6.07) is 14.4. The Morgan fingerprint density at radius 3 is 2.07 bits per heavy atom. The lowest BCUT2D eigenvalue weighted by atomic mass is 10.1.